The molecule has 0 amide bonds. The number of benzene rings is 2. The van der Waals surface area contributed by atoms with E-state index in [0.29, 0.717) is 12.0 Å². The maximum Gasteiger partial charge on any atom is 0.180 e. The number of alkyl halides is 1. The van der Waals surface area contributed by atoms with Crippen LogP contribution in [-0.4, -0.2) is 11.2 Å². The first-order chi connectivity index (χ1) is 8.66. The van der Waals surface area contributed by atoms with Crippen LogP contribution in [0.2, 0.25) is 0 Å². The van der Waals surface area contributed by atoms with Crippen molar-refractivity contribution in [2.75, 3.05) is 0 Å². The number of ketones is 1. The molecule has 0 aliphatic heterocycles. The van der Waals surface area contributed by atoms with E-state index in [1.807, 2.05) is 43.3 Å². The smallest absolute Gasteiger partial charge is 0.180 e. The molecule has 0 radical (unpaired) electrons. The molecule has 0 aromatic heterocycles. The van der Waals surface area contributed by atoms with Crippen LogP contribution in [0, 0.1) is 6.92 Å². The third kappa shape index (κ3) is 3.21. The average molecular weight is 259 g/mol. The lowest BCUT2D eigenvalue weighted by atomic mass is 10.0. The van der Waals surface area contributed by atoms with Gasteiger partial charge in [0.15, 0.2) is 5.78 Å². The second-order valence-corrected chi connectivity index (χ2v) is 4.92. The van der Waals surface area contributed by atoms with E-state index >= 15 is 0 Å². The van der Waals surface area contributed by atoms with Crippen molar-refractivity contribution in [2.45, 2.75) is 18.7 Å². The van der Waals surface area contributed by atoms with Gasteiger partial charge in [-0.1, -0.05) is 60.2 Å². The van der Waals surface area contributed by atoms with Crippen LogP contribution in [0.1, 0.15) is 21.5 Å². The van der Waals surface area contributed by atoms with Crippen molar-refractivity contribution in [3.8, 4) is 0 Å². The van der Waals surface area contributed by atoms with E-state index in [2.05, 4.69) is 6.07 Å². The van der Waals surface area contributed by atoms with Crippen molar-refractivity contribution in [3.05, 3.63) is 71.3 Å². The van der Waals surface area contributed by atoms with Crippen LogP contribution in [0.15, 0.2) is 54.6 Å². The molecule has 0 saturated carbocycles. The van der Waals surface area contributed by atoms with Gasteiger partial charge in [-0.2, -0.15) is 0 Å². The van der Waals surface area contributed by atoms with Gasteiger partial charge in [-0.3, -0.25) is 4.79 Å². The molecule has 18 heavy (non-hydrogen) atoms. The van der Waals surface area contributed by atoms with E-state index in [0.717, 1.165) is 5.56 Å². The minimum atomic E-state index is -0.505. The van der Waals surface area contributed by atoms with E-state index < -0.39 is 5.38 Å². The Balaban J connectivity index is 2.09. The molecule has 92 valence electrons. The van der Waals surface area contributed by atoms with Gasteiger partial charge in [-0.15, -0.1) is 11.6 Å². The molecule has 0 aliphatic carbocycles. The summed E-state index contributed by atoms with van der Waals surface area (Å²) in [4.78, 5) is 12.1. The Kier molecular flexibility index (Phi) is 4.16. The molecule has 2 aromatic carbocycles. The van der Waals surface area contributed by atoms with Gasteiger partial charge in [-0.05, 0) is 18.9 Å². The monoisotopic (exact) mass is 258 g/mol. The summed E-state index contributed by atoms with van der Waals surface area (Å²) < 4.78 is 0. The van der Waals surface area contributed by atoms with Gasteiger partial charge in [0.1, 0.15) is 5.38 Å². The summed E-state index contributed by atoms with van der Waals surface area (Å²) in [5.41, 5.74) is 2.95. The fourth-order valence-corrected chi connectivity index (χ4v) is 2.23. The number of hydrogen-bond donors (Lipinski definition) is 0. The van der Waals surface area contributed by atoms with Gasteiger partial charge in [0.2, 0.25) is 0 Å². The van der Waals surface area contributed by atoms with Gasteiger partial charge >= 0.3 is 0 Å². The van der Waals surface area contributed by atoms with Gasteiger partial charge in [0, 0.05) is 5.56 Å². The summed E-state index contributed by atoms with van der Waals surface area (Å²) in [6.45, 7) is 2.03. The second-order valence-electron chi connectivity index (χ2n) is 4.39. The first-order valence-corrected chi connectivity index (χ1v) is 6.39. The third-order valence-electron chi connectivity index (χ3n) is 2.84. The van der Waals surface area contributed by atoms with E-state index in [9.17, 15) is 4.79 Å². The summed E-state index contributed by atoms with van der Waals surface area (Å²) in [6, 6.07) is 17.3. The Labute approximate surface area is 112 Å². The minimum Gasteiger partial charge on any atom is -0.292 e. The molecule has 0 N–H and O–H groups in total. The SMILES string of the molecule is Cc1cccc(CC(Cl)C(=O)c2ccccc2)c1. The zero-order valence-corrected chi connectivity index (χ0v) is 11.0. The van der Waals surface area contributed by atoms with Gasteiger partial charge in [0.05, 0.1) is 0 Å². The van der Waals surface area contributed by atoms with Crippen molar-refractivity contribution in [3.63, 3.8) is 0 Å². The van der Waals surface area contributed by atoms with Crippen LogP contribution in [-0.2, 0) is 6.42 Å². The first-order valence-electron chi connectivity index (χ1n) is 5.95. The normalized spacial score (nSPS) is 12.1. The fraction of sp³-hybridized carbons (Fsp3) is 0.188. The first kappa shape index (κ1) is 12.8. The van der Waals surface area contributed by atoms with Crippen LogP contribution >= 0.6 is 11.6 Å². The van der Waals surface area contributed by atoms with Crippen LogP contribution in [0.4, 0.5) is 0 Å². The molecule has 1 atom stereocenters. The lowest BCUT2D eigenvalue weighted by Crippen LogP contribution is -2.17. The summed E-state index contributed by atoms with van der Waals surface area (Å²) >= 11 is 6.20. The number of carbonyl (C=O) groups is 1. The molecule has 2 heteroatoms. The zero-order valence-electron chi connectivity index (χ0n) is 10.3. The highest BCUT2D eigenvalue weighted by molar-refractivity contribution is 6.34. The molecular weight excluding hydrogens is 244 g/mol. The summed E-state index contributed by atoms with van der Waals surface area (Å²) in [6.07, 6.45) is 0.566. The Morgan fingerprint density at radius 1 is 1.11 bits per heavy atom. The number of Topliss-reactive ketones (excluding diaryl/α,β-unsaturated/α-hetero) is 1. The second kappa shape index (κ2) is 5.83. The zero-order chi connectivity index (χ0) is 13.0. The van der Waals surface area contributed by atoms with E-state index in [1.54, 1.807) is 12.1 Å². The molecule has 0 heterocycles. The third-order valence-corrected chi connectivity index (χ3v) is 3.19. The van der Waals surface area contributed by atoms with E-state index in [1.165, 1.54) is 5.56 Å². The Morgan fingerprint density at radius 3 is 2.50 bits per heavy atom. The molecule has 0 fully saturated rings. The number of halogens is 1. The molecule has 0 spiro atoms. The summed E-state index contributed by atoms with van der Waals surface area (Å²) in [5, 5.41) is -0.505. The molecule has 1 nitrogen and oxygen atoms in total. The molecule has 0 aliphatic rings. The van der Waals surface area contributed by atoms with E-state index in [4.69, 9.17) is 11.6 Å². The molecule has 2 rings (SSSR count). The predicted octanol–water partition coefficient (Wildman–Crippen LogP) is 4.03. The highest BCUT2D eigenvalue weighted by Gasteiger charge is 2.17. The quantitative estimate of drug-likeness (QED) is 0.598. The molecule has 0 saturated heterocycles. The van der Waals surface area contributed by atoms with Crippen LogP contribution < -0.4 is 0 Å². The Bertz CT molecular complexity index is 534. The maximum atomic E-state index is 12.1. The molecule has 0 bridgehead atoms. The van der Waals surface area contributed by atoms with Crippen LogP contribution in [0.3, 0.4) is 0 Å². The number of carbonyl (C=O) groups excluding carboxylic acids is 1. The summed E-state index contributed by atoms with van der Waals surface area (Å²) in [5.74, 6) is -0.0150. The van der Waals surface area contributed by atoms with Crippen LogP contribution in [0.5, 0.6) is 0 Å². The molecule has 1 unspecified atom stereocenters. The lowest BCUT2D eigenvalue weighted by Gasteiger charge is -2.09. The van der Waals surface area contributed by atoms with E-state index in [-0.39, 0.29) is 5.78 Å². The van der Waals surface area contributed by atoms with Crippen LogP contribution in [0.25, 0.3) is 0 Å². The number of hydrogen-bond acceptors (Lipinski definition) is 1. The largest absolute Gasteiger partial charge is 0.292 e. The number of rotatable bonds is 4. The lowest BCUT2D eigenvalue weighted by molar-refractivity contribution is 0.0986. The average Bonchev–Trinajstić information content (AvgIpc) is 2.39. The Hall–Kier alpha value is -1.60. The molecule has 2 aromatic rings. The summed E-state index contributed by atoms with van der Waals surface area (Å²) in [7, 11) is 0. The van der Waals surface area contributed by atoms with Gasteiger partial charge < -0.3 is 0 Å². The topological polar surface area (TPSA) is 17.1 Å². The number of aryl methyl sites for hydroxylation is 1. The minimum absolute atomic E-state index is 0.0150. The predicted molar refractivity (Wildman–Crippen MR) is 75.3 cm³/mol. The standard InChI is InChI=1S/C16H15ClO/c1-12-6-5-7-13(10-12)11-15(17)16(18)14-8-3-2-4-9-14/h2-10,15H,11H2,1H3. The van der Waals surface area contributed by atoms with Crippen molar-refractivity contribution in [1.29, 1.82) is 0 Å². The van der Waals surface area contributed by atoms with Crippen molar-refractivity contribution in [2.24, 2.45) is 0 Å². The van der Waals surface area contributed by atoms with Gasteiger partial charge in [-0.25, -0.2) is 0 Å². The molecular formula is C16H15ClO. The highest BCUT2D eigenvalue weighted by atomic mass is 35.5. The van der Waals surface area contributed by atoms with Gasteiger partial charge in [0.25, 0.3) is 0 Å². The Morgan fingerprint density at radius 2 is 1.83 bits per heavy atom. The highest BCUT2D eigenvalue weighted by Crippen LogP contribution is 2.15. The van der Waals surface area contributed by atoms with Crippen molar-refractivity contribution in [1.82, 2.24) is 0 Å². The maximum absolute atomic E-state index is 12.1. The van der Waals surface area contributed by atoms with Crippen molar-refractivity contribution < 1.29 is 4.79 Å². The van der Waals surface area contributed by atoms with Crippen molar-refractivity contribution >= 4 is 17.4 Å². The fourth-order valence-electron chi connectivity index (χ4n) is 1.92.